The van der Waals surface area contributed by atoms with Crippen LogP contribution in [0.4, 0.5) is 0 Å². The molecule has 7 heteroatoms. The molecule has 1 saturated heterocycles. The molecule has 0 spiro atoms. The second kappa shape index (κ2) is 5.84. The van der Waals surface area contributed by atoms with Gasteiger partial charge in [-0.25, -0.2) is 0 Å². The molecule has 1 amide bonds. The first-order valence-corrected chi connectivity index (χ1v) is 7.58. The number of nitrogens with zero attached hydrogens (tertiary/aromatic N) is 3. The fourth-order valence-electron chi connectivity index (χ4n) is 2.56. The van der Waals surface area contributed by atoms with Crippen LogP contribution in [-0.4, -0.2) is 40.1 Å². The zero-order chi connectivity index (χ0) is 16.5. The Morgan fingerprint density at radius 2 is 2.21 bits per heavy atom. The number of amides is 1. The van der Waals surface area contributed by atoms with Crippen LogP contribution in [0.15, 0.2) is 51.8 Å². The van der Waals surface area contributed by atoms with Gasteiger partial charge in [0.05, 0.1) is 24.9 Å². The minimum Gasteiger partial charge on any atom is -0.487 e. The van der Waals surface area contributed by atoms with E-state index in [-0.39, 0.29) is 12.0 Å². The van der Waals surface area contributed by atoms with Crippen LogP contribution in [0.2, 0.25) is 0 Å². The third-order valence-electron chi connectivity index (χ3n) is 3.81. The van der Waals surface area contributed by atoms with E-state index in [0.717, 1.165) is 5.56 Å². The van der Waals surface area contributed by atoms with Crippen LogP contribution in [0.5, 0.6) is 5.75 Å². The molecule has 0 unspecified atom stereocenters. The molecule has 0 saturated carbocycles. The summed E-state index contributed by atoms with van der Waals surface area (Å²) in [5.41, 5.74) is 1.36. The van der Waals surface area contributed by atoms with Gasteiger partial charge in [0.2, 0.25) is 0 Å². The van der Waals surface area contributed by atoms with Crippen molar-refractivity contribution in [2.45, 2.75) is 13.0 Å². The molecule has 0 N–H and O–H groups in total. The highest BCUT2D eigenvalue weighted by atomic mass is 16.5. The maximum absolute atomic E-state index is 12.1. The number of aromatic nitrogens is 2. The summed E-state index contributed by atoms with van der Waals surface area (Å²) in [5, 5.41) is 3.79. The summed E-state index contributed by atoms with van der Waals surface area (Å²) >= 11 is 0. The Kier molecular flexibility index (Phi) is 3.53. The molecule has 0 aliphatic carbocycles. The third kappa shape index (κ3) is 2.76. The minimum absolute atomic E-state index is 0.0273. The largest absolute Gasteiger partial charge is 0.487 e. The summed E-state index contributed by atoms with van der Waals surface area (Å²) in [6.07, 6.45) is 2.92. The fourth-order valence-corrected chi connectivity index (χ4v) is 2.56. The molecule has 3 heterocycles. The van der Waals surface area contributed by atoms with Gasteiger partial charge in [-0.05, 0) is 31.2 Å². The van der Waals surface area contributed by atoms with Gasteiger partial charge in [-0.3, -0.25) is 4.79 Å². The van der Waals surface area contributed by atoms with Gasteiger partial charge < -0.3 is 18.6 Å². The molecule has 122 valence electrons. The lowest BCUT2D eigenvalue weighted by atomic mass is 10.1. The van der Waals surface area contributed by atoms with Crippen LogP contribution in [0.25, 0.3) is 11.5 Å². The quantitative estimate of drug-likeness (QED) is 0.733. The molecule has 7 nitrogen and oxygen atoms in total. The summed E-state index contributed by atoms with van der Waals surface area (Å²) in [6.45, 7) is 2.87. The molecule has 1 aromatic carbocycles. The number of carbonyl (C=O) groups is 1. The Hall–Kier alpha value is -3.09. The Balaban J connectivity index is 1.38. The zero-order valence-electron chi connectivity index (χ0n) is 13.0. The highest BCUT2D eigenvalue weighted by Gasteiger charge is 2.33. The van der Waals surface area contributed by atoms with E-state index < -0.39 is 0 Å². The van der Waals surface area contributed by atoms with Crippen LogP contribution in [0, 0.1) is 6.92 Å². The van der Waals surface area contributed by atoms with Gasteiger partial charge in [0.15, 0.2) is 5.82 Å². The average Bonchev–Trinajstić information content (AvgIpc) is 3.21. The monoisotopic (exact) mass is 325 g/mol. The van der Waals surface area contributed by atoms with Crippen molar-refractivity contribution < 1.29 is 18.5 Å². The Morgan fingerprint density at radius 3 is 2.92 bits per heavy atom. The lowest BCUT2D eigenvalue weighted by Gasteiger charge is -2.38. The van der Waals surface area contributed by atoms with Gasteiger partial charge in [0.1, 0.15) is 18.1 Å². The first-order valence-electron chi connectivity index (χ1n) is 7.58. The summed E-state index contributed by atoms with van der Waals surface area (Å²) < 4.78 is 16.0. The summed E-state index contributed by atoms with van der Waals surface area (Å²) in [4.78, 5) is 18.0. The number of carbonyl (C=O) groups excluding carboxylic acids is 1. The van der Waals surface area contributed by atoms with Crippen molar-refractivity contribution in [3.8, 4) is 17.2 Å². The minimum atomic E-state index is -0.0429. The third-order valence-corrected chi connectivity index (χ3v) is 3.81. The Labute approximate surface area is 137 Å². The van der Waals surface area contributed by atoms with Gasteiger partial charge in [0.25, 0.3) is 11.8 Å². The van der Waals surface area contributed by atoms with Crippen LogP contribution in [-0.2, 0) is 0 Å². The second-order valence-electron chi connectivity index (χ2n) is 5.64. The predicted octanol–water partition coefficient (Wildman–Crippen LogP) is 2.54. The first kappa shape index (κ1) is 14.5. The van der Waals surface area contributed by atoms with E-state index in [9.17, 15) is 4.79 Å². The maximum atomic E-state index is 12.1. The summed E-state index contributed by atoms with van der Waals surface area (Å²) in [6, 6.07) is 9.14. The van der Waals surface area contributed by atoms with E-state index in [1.54, 1.807) is 17.9 Å². The molecule has 2 aromatic heterocycles. The molecule has 3 aromatic rings. The topological polar surface area (TPSA) is 81.6 Å². The van der Waals surface area contributed by atoms with Gasteiger partial charge in [-0.15, -0.1) is 0 Å². The number of benzene rings is 1. The predicted molar refractivity (Wildman–Crippen MR) is 83.5 cm³/mol. The molecular formula is C17H15N3O4. The second-order valence-corrected chi connectivity index (χ2v) is 5.64. The van der Waals surface area contributed by atoms with Crippen molar-refractivity contribution >= 4 is 5.91 Å². The van der Waals surface area contributed by atoms with Crippen molar-refractivity contribution in [3.05, 3.63) is 54.2 Å². The van der Waals surface area contributed by atoms with Crippen molar-refractivity contribution in [2.75, 3.05) is 13.1 Å². The molecule has 1 fully saturated rings. The van der Waals surface area contributed by atoms with Gasteiger partial charge in [-0.1, -0.05) is 11.2 Å². The van der Waals surface area contributed by atoms with Crippen molar-refractivity contribution in [1.82, 2.24) is 15.0 Å². The Morgan fingerprint density at radius 1 is 1.33 bits per heavy atom. The molecule has 4 rings (SSSR count). The molecule has 0 bridgehead atoms. The van der Waals surface area contributed by atoms with Crippen molar-refractivity contribution in [3.63, 3.8) is 0 Å². The number of likely N-dealkylation sites (tertiary alicyclic amines) is 1. The van der Waals surface area contributed by atoms with Gasteiger partial charge in [-0.2, -0.15) is 4.98 Å². The van der Waals surface area contributed by atoms with Crippen LogP contribution in [0.1, 0.15) is 16.2 Å². The lowest BCUT2D eigenvalue weighted by molar-refractivity contribution is 0.0177. The van der Waals surface area contributed by atoms with E-state index in [4.69, 9.17) is 13.7 Å². The fraction of sp³-hybridized carbons (Fsp3) is 0.235. The van der Waals surface area contributed by atoms with Gasteiger partial charge in [0, 0.05) is 5.56 Å². The number of hydrogen-bond acceptors (Lipinski definition) is 6. The highest BCUT2D eigenvalue weighted by molar-refractivity contribution is 5.94. The molecule has 24 heavy (non-hydrogen) atoms. The molecule has 0 radical (unpaired) electrons. The van der Waals surface area contributed by atoms with Crippen LogP contribution in [0.3, 0.4) is 0 Å². The lowest BCUT2D eigenvalue weighted by Crippen LogP contribution is -2.56. The number of ether oxygens (including phenoxy) is 1. The smallest absolute Gasteiger partial charge is 0.258 e. The van der Waals surface area contributed by atoms with Crippen molar-refractivity contribution in [1.29, 1.82) is 0 Å². The standard InChI is InChI=1S/C17H15N3O4/c1-11-18-16(24-19-11)12-3-2-4-14(7-12)23-15-8-20(9-15)17(21)13-5-6-22-10-13/h2-7,10,15H,8-9H2,1H3. The summed E-state index contributed by atoms with van der Waals surface area (Å²) in [5.74, 6) is 1.72. The highest BCUT2D eigenvalue weighted by Crippen LogP contribution is 2.25. The SMILES string of the molecule is Cc1noc(-c2cccc(OC3CN(C(=O)c4ccoc4)C3)c2)n1. The van der Waals surface area contributed by atoms with Crippen LogP contribution >= 0.6 is 0 Å². The number of rotatable bonds is 4. The normalized spacial score (nSPS) is 14.5. The Bertz CT molecular complexity index is 850. The number of furan rings is 1. The molecule has 1 aliphatic heterocycles. The van der Waals surface area contributed by atoms with E-state index in [1.165, 1.54) is 12.5 Å². The van der Waals surface area contributed by atoms with Crippen molar-refractivity contribution in [2.24, 2.45) is 0 Å². The van der Waals surface area contributed by atoms with E-state index in [1.807, 2.05) is 24.3 Å². The van der Waals surface area contributed by atoms with E-state index in [0.29, 0.717) is 36.1 Å². The van der Waals surface area contributed by atoms with E-state index in [2.05, 4.69) is 10.1 Å². The molecule has 1 aliphatic rings. The van der Waals surface area contributed by atoms with Gasteiger partial charge >= 0.3 is 0 Å². The average molecular weight is 325 g/mol. The number of hydrogen-bond donors (Lipinski definition) is 0. The number of aryl methyl sites for hydroxylation is 1. The maximum Gasteiger partial charge on any atom is 0.258 e. The molecule has 0 atom stereocenters. The zero-order valence-corrected chi connectivity index (χ0v) is 13.0. The van der Waals surface area contributed by atoms with E-state index >= 15 is 0 Å². The first-order chi connectivity index (χ1) is 11.7. The molecular weight excluding hydrogens is 310 g/mol. The van der Waals surface area contributed by atoms with Crippen LogP contribution < -0.4 is 4.74 Å². The summed E-state index contributed by atoms with van der Waals surface area (Å²) in [7, 11) is 0.